The molecule has 0 radical (unpaired) electrons. The number of allylic oxidation sites excluding steroid dienone is 1. The Morgan fingerprint density at radius 2 is 2.14 bits per heavy atom. The fourth-order valence-electron chi connectivity index (χ4n) is 1.79. The molecule has 0 aromatic heterocycles. The summed E-state index contributed by atoms with van der Waals surface area (Å²) in [6.45, 7) is 0. The molecule has 0 saturated heterocycles. The van der Waals surface area contributed by atoms with Crippen molar-refractivity contribution in [3.8, 4) is 0 Å². The second-order valence-corrected chi connectivity index (χ2v) is 3.31. The minimum Gasteiger partial charge on any atom is -0.465 e. The summed E-state index contributed by atoms with van der Waals surface area (Å²) in [4.78, 5) is 11.4. The second kappa shape index (κ2) is 3.66. The Balaban J connectivity index is 2.45. The van der Waals surface area contributed by atoms with Crippen molar-refractivity contribution in [3.05, 3.63) is 41.5 Å². The molecule has 1 aliphatic rings. The van der Waals surface area contributed by atoms with E-state index < -0.39 is 0 Å². The molecule has 0 atom stereocenters. The molecule has 0 heterocycles. The van der Waals surface area contributed by atoms with Gasteiger partial charge in [-0.25, -0.2) is 4.79 Å². The standard InChI is InChI=1S/C12H12O2/c1-14-12(13)11-8-4-6-9-5-2-3-7-10(9)11/h2-3,5,7-8H,4,6H2,1H3. The van der Waals surface area contributed by atoms with Crippen LogP contribution < -0.4 is 0 Å². The number of fused-ring (bicyclic) bond motifs is 1. The van der Waals surface area contributed by atoms with Crippen LogP contribution in [-0.4, -0.2) is 13.1 Å². The van der Waals surface area contributed by atoms with Gasteiger partial charge in [0.1, 0.15) is 0 Å². The molecule has 0 N–H and O–H groups in total. The molecular formula is C12H12O2. The molecule has 72 valence electrons. The number of hydrogen-bond donors (Lipinski definition) is 0. The van der Waals surface area contributed by atoms with E-state index in [0.29, 0.717) is 5.57 Å². The van der Waals surface area contributed by atoms with E-state index in [1.54, 1.807) is 0 Å². The first kappa shape index (κ1) is 9.00. The average molecular weight is 188 g/mol. The van der Waals surface area contributed by atoms with Gasteiger partial charge in [0.05, 0.1) is 12.7 Å². The Hall–Kier alpha value is -1.57. The number of ether oxygens (including phenoxy) is 1. The number of esters is 1. The maximum absolute atomic E-state index is 11.4. The van der Waals surface area contributed by atoms with Gasteiger partial charge in [0, 0.05) is 0 Å². The van der Waals surface area contributed by atoms with E-state index in [0.717, 1.165) is 18.4 Å². The molecule has 14 heavy (non-hydrogen) atoms. The Bertz CT molecular complexity index is 391. The van der Waals surface area contributed by atoms with Gasteiger partial charge >= 0.3 is 5.97 Å². The van der Waals surface area contributed by atoms with Crippen LogP contribution in [0.15, 0.2) is 30.3 Å². The average Bonchev–Trinajstić information content (AvgIpc) is 2.27. The summed E-state index contributed by atoms with van der Waals surface area (Å²) < 4.78 is 4.74. The summed E-state index contributed by atoms with van der Waals surface area (Å²) in [5.74, 6) is -0.239. The number of carbonyl (C=O) groups is 1. The molecule has 2 nitrogen and oxygen atoms in total. The van der Waals surface area contributed by atoms with Crippen LogP contribution in [0.25, 0.3) is 5.57 Å². The molecule has 0 aliphatic heterocycles. The molecule has 2 heteroatoms. The third kappa shape index (κ3) is 1.43. The van der Waals surface area contributed by atoms with Crippen LogP contribution in [0.5, 0.6) is 0 Å². The lowest BCUT2D eigenvalue weighted by molar-refractivity contribution is -0.133. The van der Waals surface area contributed by atoms with Crippen molar-refractivity contribution in [2.24, 2.45) is 0 Å². The summed E-state index contributed by atoms with van der Waals surface area (Å²) in [7, 11) is 1.42. The predicted molar refractivity (Wildman–Crippen MR) is 54.8 cm³/mol. The van der Waals surface area contributed by atoms with E-state index in [4.69, 9.17) is 4.74 Å². The van der Waals surface area contributed by atoms with Gasteiger partial charge in [0.25, 0.3) is 0 Å². The first-order valence-corrected chi connectivity index (χ1v) is 4.69. The molecule has 1 aromatic rings. The summed E-state index contributed by atoms with van der Waals surface area (Å²) in [6.07, 6.45) is 3.88. The van der Waals surface area contributed by atoms with Crippen LogP contribution in [-0.2, 0) is 16.0 Å². The molecule has 0 fully saturated rings. The highest BCUT2D eigenvalue weighted by Gasteiger charge is 2.17. The highest BCUT2D eigenvalue weighted by Crippen LogP contribution is 2.26. The number of benzene rings is 1. The maximum atomic E-state index is 11.4. The van der Waals surface area contributed by atoms with Crippen LogP contribution in [0.2, 0.25) is 0 Å². The molecule has 0 amide bonds. The quantitative estimate of drug-likeness (QED) is 0.631. The molecule has 2 rings (SSSR count). The van der Waals surface area contributed by atoms with Crippen molar-refractivity contribution < 1.29 is 9.53 Å². The van der Waals surface area contributed by atoms with E-state index in [1.807, 2.05) is 24.3 Å². The Morgan fingerprint density at radius 1 is 1.36 bits per heavy atom. The van der Waals surface area contributed by atoms with Gasteiger partial charge in [-0.1, -0.05) is 30.3 Å². The molecule has 0 unspecified atom stereocenters. The van der Waals surface area contributed by atoms with E-state index >= 15 is 0 Å². The van der Waals surface area contributed by atoms with Crippen LogP contribution >= 0.6 is 0 Å². The van der Waals surface area contributed by atoms with Crippen molar-refractivity contribution in [3.63, 3.8) is 0 Å². The monoisotopic (exact) mass is 188 g/mol. The Labute approximate surface area is 83.2 Å². The van der Waals surface area contributed by atoms with Gasteiger partial charge in [0.2, 0.25) is 0 Å². The largest absolute Gasteiger partial charge is 0.465 e. The lowest BCUT2D eigenvalue weighted by Gasteiger charge is -2.15. The molecular weight excluding hydrogens is 176 g/mol. The lowest BCUT2D eigenvalue weighted by atomic mass is 9.91. The third-order valence-electron chi connectivity index (χ3n) is 2.47. The Kier molecular flexibility index (Phi) is 2.35. The first-order valence-electron chi connectivity index (χ1n) is 4.69. The van der Waals surface area contributed by atoms with E-state index in [2.05, 4.69) is 6.07 Å². The summed E-state index contributed by atoms with van der Waals surface area (Å²) in [5, 5.41) is 0. The minimum absolute atomic E-state index is 0.239. The Morgan fingerprint density at radius 3 is 2.93 bits per heavy atom. The van der Waals surface area contributed by atoms with Crippen molar-refractivity contribution in [2.75, 3.05) is 7.11 Å². The van der Waals surface area contributed by atoms with Crippen LogP contribution in [0.3, 0.4) is 0 Å². The second-order valence-electron chi connectivity index (χ2n) is 3.31. The van der Waals surface area contributed by atoms with Gasteiger partial charge in [-0.2, -0.15) is 0 Å². The van der Waals surface area contributed by atoms with E-state index in [9.17, 15) is 4.79 Å². The minimum atomic E-state index is -0.239. The van der Waals surface area contributed by atoms with Gasteiger partial charge in [-0.15, -0.1) is 0 Å². The van der Waals surface area contributed by atoms with Gasteiger partial charge in [0.15, 0.2) is 0 Å². The summed E-state index contributed by atoms with van der Waals surface area (Å²) in [6, 6.07) is 7.97. The number of rotatable bonds is 1. The molecule has 1 aliphatic carbocycles. The van der Waals surface area contributed by atoms with Crippen LogP contribution in [0.4, 0.5) is 0 Å². The van der Waals surface area contributed by atoms with Crippen LogP contribution in [0, 0.1) is 0 Å². The first-order chi connectivity index (χ1) is 6.83. The van der Waals surface area contributed by atoms with Crippen molar-refractivity contribution in [1.29, 1.82) is 0 Å². The normalized spacial score (nSPS) is 14.2. The molecule has 1 aromatic carbocycles. The van der Waals surface area contributed by atoms with Gasteiger partial charge < -0.3 is 4.74 Å². The van der Waals surface area contributed by atoms with E-state index in [-0.39, 0.29) is 5.97 Å². The number of carbonyl (C=O) groups excluding carboxylic acids is 1. The number of hydrogen-bond acceptors (Lipinski definition) is 2. The van der Waals surface area contributed by atoms with Crippen molar-refractivity contribution in [2.45, 2.75) is 12.8 Å². The zero-order valence-corrected chi connectivity index (χ0v) is 8.12. The third-order valence-corrected chi connectivity index (χ3v) is 2.47. The van der Waals surface area contributed by atoms with Crippen molar-refractivity contribution in [1.82, 2.24) is 0 Å². The fourth-order valence-corrected chi connectivity index (χ4v) is 1.79. The zero-order valence-electron chi connectivity index (χ0n) is 8.12. The summed E-state index contributed by atoms with van der Waals surface area (Å²) >= 11 is 0. The zero-order chi connectivity index (χ0) is 9.97. The highest BCUT2D eigenvalue weighted by atomic mass is 16.5. The number of methoxy groups -OCH3 is 1. The smallest absolute Gasteiger partial charge is 0.338 e. The lowest BCUT2D eigenvalue weighted by Crippen LogP contribution is -2.09. The van der Waals surface area contributed by atoms with E-state index in [1.165, 1.54) is 12.7 Å². The fraction of sp³-hybridized carbons (Fsp3) is 0.250. The topological polar surface area (TPSA) is 26.3 Å². The number of aryl methyl sites for hydroxylation is 1. The predicted octanol–water partition coefficient (Wildman–Crippen LogP) is 2.19. The van der Waals surface area contributed by atoms with Crippen molar-refractivity contribution >= 4 is 11.5 Å². The van der Waals surface area contributed by atoms with Gasteiger partial charge in [-0.05, 0) is 24.0 Å². The maximum Gasteiger partial charge on any atom is 0.338 e. The molecule has 0 saturated carbocycles. The summed E-state index contributed by atoms with van der Waals surface area (Å²) in [5.41, 5.74) is 2.95. The van der Waals surface area contributed by atoms with Gasteiger partial charge in [-0.3, -0.25) is 0 Å². The SMILES string of the molecule is COC(=O)C1=CCCc2ccccc21. The molecule has 0 spiro atoms. The van der Waals surface area contributed by atoms with Crippen LogP contribution in [0.1, 0.15) is 17.5 Å². The molecule has 0 bridgehead atoms. The highest BCUT2D eigenvalue weighted by molar-refractivity contribution is 6.17.